The van der Waals surface area contributed by atoms with Gasteiger partial charge in [0.1, 0.15) is 0 Å². The zero-order valence-electron chi connectivity index (χ0n) is 16.7. The van der Waals surface area contributed by atoms with E-state index in [0.29, 0.717) is 6.61 Å². The first-order valence-corrected chi connectivity index (χ1v) is 9.67. The topological polar surface area (TPSA) is 58.1 Å². The van der Waals surface area contributed by atoms with Crippen LogP contribution in [-0.4, -0.2) is 57.8 Å². The Kier molecular flexibility index (Phi) is 8.54. The SMILES string of the molecule is CCOc1cc(NC(=NC)NCCCN2CCCC(C)C2)ccc1OC. The molecular weight excluding hydrogens is 328 g/mol. The summed E-state index contributed by atoms with van der Waals surface area (Å²) >= 11 is 0. The fourth-order valence-corrected chi connectivity index (χ4v) is 3.34. The summed E-state index contributed by atoms with van der Waals surface area (Å²) < 4.78 is 11.0. The molecule has 1 heterocycles. The molecule has 0 radical (unpaired) electrons. The van der Waals surface area contributed by atoms with Crippen LogP contribution in [0.5, 0.6) is 11.5 Å². The maximum absolute atomic E-state index is 5.63. The van der Waals surface area contributed by atoms with Gasteiger partial charge in [0.05, 0.1) is 13.7 Å². The fraction of sp³-hybridized carbons (Fsp3) is 0.650. The Morgan fingerprint density at radius 2 is 2.19 bits per heavy atom. The smallest absolute Gasteiger partial charge is 0.195 e. The predicted octanol–water partition coefficient (Wildman–Crippen LogP) is 3.20. The number of hydrogen-bond acceptors (Lipinski definition) is 4. The van der Waals surface area contributed by atoms with Gasteiger partial charge in [0.15, 0.2) is 17.5 Å². The highest BCUT2D eigenvalue weighted by Gasteiger charge is 2.15. The number of benzene rings is 1. The summed E-state index contributed by atoms with van der Waals surface area (Å²) in [6.45, 7) is 9.43. The van der Waals surface area contributed by atoms with Gasteiger partial charge in [-0.3, -0.25) is 4.99 Å². The van der Waals surface area contributed by atoms with E-state index in [9.17, 15) is 0 Å². The number of guanidine groups is 1. The average molecular weight is 363 g/mol. The van der Waals surface area contributed by atoms with Crippen LogP contribution in [0.3, 0.4) is 0 Å². The van der Waals surface area contributed by atoms with Gasteiger partial charge >= 0.3 is 0 Å². The summed E-state index contributed by atoms with van der Waals surface area (Å²) in [6.07, 6.45) is 3.81. The van der Waals surface area contributed by atoms with Crippen LogP contribution in [0.2, 0.25) is 0 Å². The summed E-state index contributed by atoms with van der Waals surface area (Å²) in [7, 11) is 3.43. The molecule has 1 aromatic rings. The Labute approximate surface area is 158 Å². The van der Waals surface area contributed by atoms with E-state index in [1.807, 2.05) is 25.1 Å². The Hall–Kier alpha value is -1.95. The van der Waals surface area contributed by atoms with Gasteiger partial charge in [-0.05, 0) is 57.3 Å². The first-order chi connectivity index (χ1) is 12.7. The van der Waals surface area contributed by atoms with E-state index in [4.69, 9.17) is 9.47 Å². The van der Waals surface area contributed by atoms with Gasteiger partial charge in [-0.25, -0.2) is 0 Å². The van der Waals surface area contributed by atoms with Crippen LogP contribution in [0, 0.1) is 5.92 Å². The molecule has 6 heteroatoms. The van der Waals surface area contributed by atoms with Crippen molar-refractivity contribution in [3.05, 3.63) is 18.2 Å². The van der Waals surface area contributed by atoms with Crippen LogP contribution in [0.1, 0.15) is 33.1 Å². The molecule has 0 saturated carbocycles. The molecule has 0 bridgehead atoms. The van der Waals surface area contributed by atoms with Crippen molar-refractivity contribution in [2.75, 3.05) is 52.3 Å². The molecule has 1 aromatic carbocycles. The third kappa shape index (κ3) is 6.41. The quantitative estimate of drug-likeness (QED) is 0.422. The second-order valence-corrected chi connectivity index (χ2v) is 6.82. The van der Waals surface area contributed by atoms with Crippen LogP contribution in [0.25, 0.3) is 0 Å². The lowest BCUT2D eigenvalue weighted by molar-refractivity contribution is 0.182. The van der Waals surface area contributed by atoms with Crippen LogP contribution in [-0.2, 0) is 0 Å². The van der Waals surface area contributed by atoms with Crippen LogP contribution in [0.4, 0.5) is 5.69 Å². The predicted molar refractivity (Wildman–Crippen MR) is 109 cm³/mol. The normalized spacial score (nSPS) is 18.5. The summed E-state index contributed by atoms with van der Waals surface area (Å²) in [4.78, 5) is 6.88. The molecule has 0 spiro atoms. The highest BCUT2D eigenvalue weighted by atomic mass is 16.5. The number of hydrogen-bond donors (Lipinski definition) is 2. The molecule has 0 aliphatic carbocycles. The van der Waals surface area contributed by atoms with Gasteiger partial charge in [0.2, 0.25) is 0 Å². The first kappa shape index (κ1) is 20.4. The van der Waals surface area contributed by atoms with Crippen molar-refractivity contribution in [1.29, 1.82) is 0 Å². The maximum Gasteiger partial charge on any atom is 0.195 e. The third-order valence-corrected chi connectivity index (χ3v) is 4.63. The fourth-order valence-electron chi connectivity index (χ4n) is 3.34. The number of nitrogens with zero attached hydrogens (tertiary/aromatic N) is 2. The number of piperidine rings is 1. The van der Waals surface area contributed by atoms with E-state index in [0.717, 1.165) is 48.6 Å². The molecule has 1 aliphatic heterocycles. The van der Waals surface area contributed by atoms with Crippen molar-refractivity contribution in [3.8, 4) is 11.5 Å². The van der Waals surface area contributed by atoms with Gasteiger partial charge in [-0.15, -0.1) is 0 Å². The van der Waals surface area contributed by atoms with Crippen LogP contribution < -0.4 is 20.1 Å². The zero-order valence-corrected chi connectivity index (χ0v) is 16.7. The van der Waals surface area contributed by atoms with Gasteiger partial charge in [0, 0.05) is 31.9 Å². The molecule has 146 valence electrons. The number of ether oxygens (including phenoxy) is 2. The summed E-state index contributed by atoms with van der Waals surface area (Å²) in [5.41, 5.74) is 0.923. The standard InChI is InChI=1S/C20H34N4O2/c1-5-26-19-14-17(9-10-18(19)25-4)23-20(21-3)22-11-7-13-24-12-6-8-16(2)15-24/h9-10,14,16H,5-8,11-13,15H2,1-4H3,(H2,21,22,23). The lowest BCUT2D eigenvalue weighted by Crippen LogP contribution is -2.37. The van der Waals surface area contributed by atoms with E-state index in [-0.39, 0.29) is 0 Å². The number of likely N-dealkylation sites (tertiary alicyclic amines) is 1. The highest BCUT2D eigenvalue weighted by molar-refractivity contribution is 5.93. The minimum absolute atomic E-state index is 0.599. The van der Waals surface area contributed by atoms with Crippen molar-refractivity contribution in [2.45, 2.75) is 33.1 Å². The second kappa shape index (κ2) is 10.9. The Bertz CT molecular complexity index is 577. The van der Waals surface area contributed by atoms with Crippen molar-refractivity contribution in [2.24, 2.45) is 10.9 Å². The van der Waals surface area contributed by atoms with E-state index >= 15 is 0 Å². The lowest BCUT2D eigenvalue weighted by Gasteiger charge is -2.30. The molecule has 2 rings (SSSR count). The van der Waals surface area contributed by atoms with Crippen molar-refractivity contribution in [1.82, 2.24) is 10.2 Å². The van der Waals surface area contributed by atoms with Crippen molar-refractivity contribution < 1.29 is 9.47 Å². The first-order valence-electron chi connectivity index (χ1n) is 9.67. The van der Waals surface area contributed by atoms with Crippen LogP contribution in [0.15, 0.2) is 23.2 Å². The lowest BCUT2D eigenvalue weighted by atomic mass is 10.0. The molecule has 2 N–H and O–H groups in total. The molecule has 0 aromatic heterocycles. The molecule has 6 nitrogen and oxygen atoms in total. The zero-order chi connectivity index (χ0) is 18.8. The highest BCUT2D eigenvalue weighted by Crippen LogP contribution is 2.30. The maximum atomic E-state index is 5.63. The molecule has 1 aliphatic rings. The number of anilines is 1. The minimum Gasteiger partial charge on any atom is -0.493 e. The van der Waals surface area contributed by atoms with E-state index < -0.39 is 0 Å². The Balaban J connectivity index is 1.79. The van der Waals surface area contributed by atoms with Crippen molar-refractivity contribution >= 4 is 11.6 Å². The monoisotopic (exact) mass is 362 g/mol. The average Bonchev–Trinajstić information content (AvgIpc) is 2.65. The van der Waals surface area contributed by atoms with Crippen molar-refractivity contribution in [3.63, 3.8) is 0 Å². The summed E-state index contributed by atoms with van der Waals surface area (Å²) in [5, 5.41) is 6.70. The summed E-state index contributed by atoms with van der Waals surface area (Å²) in [6, 6.07) is 5.80. The molecule has 1 unspecified atom stereocenters. The van der Waals surface area contributed by atoms with Gasteiger partial charge in [-0.1, -0.05) is 6.92 Å². The van der Waals surface area contributed by atoms with Gasteiger partial charge in [-0.2, -0.15) is 0 Å². The molecular formula is C20H34N4O2. The second-order valence-electron chi connectivity index (χ2n) is 6.82. The molecule has 0 amide bonds. The molecule has 26 heavy (non-hydrogen) atoms. The van der Waals surface area contributed by atoms with Gasteiger partial charge < -0.3 is 25.0 Å². The number of rotatable bonds is 8. The third-order valence-electron chi connectivity index (χ3n) is 4.63. The van der Waals surface area contributed by atoms with E-state index in [2.05, 4.69) is 27.4 Å². The Morgan fingerprint density at radius 1 is 1.35 bits per heavy atom. The molecule has 1 saturated heterocycles. The number of methoxy groups -OCH3 is 1. The van der Waals surface area contributed by atoms with E-state index in [1.165, 1.54) is 25.9 Å². The minimum atomic E-state index is 0.599. The number of aliphatic imine (C=N–C) groups is 1. The summed E-state index contributed by atoms with van der Waals surface area (Å²) in [5.74, 6) is 3.07. The van der Waals surface area contributed by atoms with E-state index in [1.54, 1.807) is 14.2 Å². The largest absolute Gasteiger partial charge is 0.493 e. The Morgan fingerprint density at radius 3 is 2.88 bits per heavy atom. The molecule has 1 atom stereocenters. The van der Waals surface area contributed by atoms with Crippen LogP contribution >= 0.6 is 0 Å². The van der Waals surface area contributed by atoms with Gasteiger partial charge in [0.25, 0.3) is 0 Å². The molecule has 1 fully saturated rings. The number of nitrogens with one attached hydrogen (secondary N) is 2.